The number of hydrogen-bond acceptors (Lipinski definition) is 6. The van der Waals surface area contributed by atoms with Gasteiger partial charge in [0.25, 0.3) is 0 Å². The van der Waals surface area contributed by atoms with Crippen LogP contribution in [0.2, 0.25) is 0 Å². The Morgan fingerprint density at radius 3 is 2.31 bits per heavy atom. The number of nitrogens with zero attached hydrogens (tertiary/aromatic N) is 3. The van der Waals surface area contributed by atoms with Gasteiger partial charge in [-0.1, -0.05) is 65.3 Å². The van der Waals surface area contributed by atoms with E-state index in [-0.39, 0.29) is 18.1 Å². The third-order valence-electron chi connectivity index (χ3n) is 6.07. The van der Waals surface area contributed by atoms with Gasteiger partial charge in [-0.2, -0.15) is 5.10 Å². The molecule has 0 aliphatic heterocycles. The van der Waals surface area contributed by atoms with E-state index in [0.29, 0.717) is 18.9 Å². The molecule has 2 aromatic rings. The van der Waals surface area contributed by atoms with Crippen molar-refractivity contribution in [1.82, 2.24) is 9.78 Å². The SMILES string of the molecule is CCC(C)COC(=O)OCO/C(=C(/C=NC)c1ccc(C(C)(C)C)cc1)c1c(C)c(C)nn1CC. The molecule has 192 valence electrons. The van der Waals surface area contributed by atoms with Crippen LogP contribution in [-0.4, -0.2) is 42.6 Å². The number of hydrogen-bond donors (Lipinski definition) is 0. The zero-order chi connectivity index (χ0) is 26.2. The molecule has 0 radical (unpaired) electrons. The molecule has 0 fully saturated rings. The first-order valence-corrected chi connectivity index (χ1v) is 12.3. The molecule has 1 unspecified atom stereocenters. The van der Waals surface area contributed by atoms with Crippen LogP contribution in [0.25, 0.3) is 11.3 Å². The normalized spacial score (nSPS) is 13.5. The molecule has 2 rings (SSSR count). The molecule has 1 heterocycles. The van der Waals surface area contributed by atoms with Crippen LogP contribution in [0.3, 0.4) is 0 Å². The summed E-state index contributed by atoms with van der Waals surface area (Å²) in [5.41, 5.74) is 5.73. The van der Waals surface area contributed by atoms with E-state index in [9.17, 15) is 4.79 Å². The lowest BCUT2D eigenvalue weighted by Gasteiger charge is -2.20. The second-order valence-corrected chi connectivity index (χ2v) is 9.81. The molecule has 0 spiro atoms. The van der Waals surface area contributed by atoms with Crippen LogP contribution in [0.5, 0.6) is 0 Å². The summed E-state index contributed by atoms with van der Waals surface area (Å²) in [6.45, 7) is 17.3. The fourth-order valence-electron chi connectivity index (χ4n) is 3.51. The minimum Gasteiger partial charge on any atom is -0.454 e. The Bertz CT molecular complexity index is 1040. The number of aromatic nitrogens is 2. The van der Waals surface area contributed by atoms with Gasteiger partial charge in [-0.3, -0.25) is 9.67 Å². The number of benzene rings is 1. The second kappa shape index (κ2) is 12.6. The van der Waals surface area contributed by atoms with Crippen molar-refractivity contribution in [2.24, 2.45) is 10.9 Å². The van der Waals surface area contributed by atoms with Crippen LogP contribution >= 0.6 is 0 Å². The van der Waals surface area contributed by atoms with E-state index in [0.717, 1.165) is 34.5 Å². The zero-order valence-electron chi connectivity index (χ0n) is 22.8. The average molecular weight is 484 g/mol. The van der Waals surface area contributed by atoms with Gasteiger partial charge in [0, 0.05) is 30.9 Å². The first kappa shape index (κ1) is 28.1. The van der Waals surface area contributed by atoms with Crippen LogP contribution in [-0.2, 0) is 26.2 Å². The molecule has 7 heteroatoms. The highest BCUT2D eigenvalue weighted by Crippen LogP contribution is 2.31. The molecule has 35 heavy (non-hydrogen) atoms. The third-order valence-corrected chi connectivity index (χ3v) is 6.07. The molecule has 0 aliphatic carbocycles. The molecule has 1 aromatic heterocycles. The standard InChI is InChI=1S/C28H41N3O4/c1-10-19(3)17-33-27(32)35-18-34-26(25-20(4)21(5)30-31(25)11-2)24(16-29-9)22-12-14-23(15-13-22)28(6,7)8/h12-16,19H,10-11,17-18H2,1-9H3/b26-24-,29-16?. The highest BCUT2D eigenvalue weighted by atomic mass is 16.8. The van der Waals surface area contributed by atoms with Crippen LogP contribution in [0, 0.1) is 19.8 Å². The molecule has 1 aromatic carbocycles. The molecule has 0 aliphatic rings. The Morgan fingerprint density at radius 1 is 1.11 bits per heavy atom. The van der Waals surface area contributed by atoms with Gasteiger partial charge in [0.15, 0.2) is 5.76 Å². The number of carbonyl (C=O) groups is 1. The average Bonchev–Trinajstić information content (AvgIpc) is 3.11. The van der Waals surface area contributed by atoms with Crippen molar-refractivity contribution in [1.29, 1.82) is 0 Å². The Morgan fingerprint density at radius 2 is 1.77 bits per heavy atom. The summed E-state index contributed by atoms with van der Waals surface area (Å²) in [5.74, 6) is 0.820. The summed E-state index contributed by atoms with van der Waals surface area (Å²) in [5, 5.41) is 4.66. The second-order valence-electron chi connectivity index (χ2n) is 9.81. The van der Waals surface area contributed by atoms with Crippen LogP contribution in [0.15, 0.2) is 29.3 Å². The number of carbonyl (C=O) groups excluding carboxylic acids is 1. The van der Waals surface area contributed by atoms with Crippen LogP contribution in [0.4, 0.5) is 4.79 Å². The first-order valence-electron chi connectivity index (χ1n) is 12.3. The Balaban J connectivity index is 2.49. The van der Waals surface area contributed by atoms with Gasteiger partial charge in [-0.25, -0.2) is 4.79 Å². The predicted molar refractivity (Wildman–Crippen MR) is 142 cm³/mol. The Hall–Kier alpha value is -3.09. The molecule has 0 amide bonds. The lowest BCUT2D eigenvalue weighted by Crippen LogP contribution is -2.15. The molecule has 7 nitrogen and oxygen atoms in total. The highest BCUT2D eigenvalue weighted by Gasteiger charge is 2.22. The summed E-state index contributed by atoms with van der Waals surface area (Å²) in [7, 11) is 1.72. The predicted octanol–water partition coefficient (Wildman–Crippen LogP) is 6.56. The molecule has 0 bridgehead atoms. The lowest BCUT2D eigenvalue weighted by molar-refractivity contribution is -0.0104. The topological polar surface area (TPSA) is 74.9 Å². The molecule has 0 N–H and O–H groups in total. The van der Waals surface area contributed by atoms with E-state index < -0.39 is 6.16 Å². The van der Waals surface area contributed by atoms with Crippen molar-refractivity contribution in [3.05, 3.63) is 52.3 Å². The fraction of sp³-hybridized carbons (Fsp3) is 0.536. The van der Waals surface area contributed by atoms with Crippen molar-refractivity contribution in [3.63, 3.8) is 0 Å². The Labute approximate surface area is 210 Å². The van der Waals surface area contributed by atoms with Crippen molar-refractivity contribution in [3.8, 4) is 0 Å². The summed E-state index contributed by atoms with van der Waals surface area (Å²) >= 11 is 0. The maximum absolute atomic E-state index is 12.1. The smallest absolute Gasteiger partial charge is 0.454 e. The maximum atomic E-state index is 12.1. The van der Waals surface area contributed by atoms with Gasteiger partial charge in [-0.15, -0.1) is 0 Å². The number of allylic oxidation sites excluding steroid dienone is 1. The van der Waals surface area contributed by atoms with Crippen LogP contribution in [0.1, 0.15) is 76.0 Å². The summed E-state index contributed by atoms with van der Waals surface area (Å²) in [6, 6.07) is 8.37. The number of rotatable bonds is 10. The maximum Gasteiger partial charge on any atom is 0.511 e. The summed E-state index contributed by atoms with van der Waals surface area (Å²) in [6.07, 6.45) is 1.94. The number of ether oxygens (including phenoxy) is 3. The van der Waals surface area contributed by atoms with Crippen molar-refractivity contribution >= 4 is 23.7 Å². The third kappa shape index (κ3) is 7.44. The van der Waals surface area contributed by atoms with Crippen molar-refractivity contribution < 1.29 is 19.0 Å². The van der Waals surface area contributed by atoms with Gasteiger partial charge in [0.2, 0.25) is 6.79 Å². The van der Waals surface area contributed by atoms with Crippen molar-refractivity contribution in [2.75, 3.05) is 20.4 Å². The molecular weight excluding hydrogens is 442 g/mol. The first-order chi connectivity index (χ1) is 16.5. The van der Waals surface area contributed by atoms with E-state index in [1.807, 2.05) is 39.3 Å². The molecule has 1 atom stereocenters. The molecular formula is C28H41N3O4. The van der Waals surface area contributed by atoms with E-state index in [1.54, 1.807) is 13.3 Å². The molecule has 0 saturated heterocycles. The van der Waals surface area contributed by atoms with Gasteiger partial charge in [-0.05, 0) is 43.2 Å². The molecule has 0 saturated carbocycles. The van der Waals surface area contributed by atoms with Gasteiger partial charge in [0.05, 0.1) is 12.3 Å². The van der Waals surface area contributed by atoms with E-state index in [2.05, 4.69) is 55.1 Å². The quantitative estimate of drug-likeness (QED) is 0.166. The summed E-state index contributed by atoms with van der Waals surface area (Å²) < 4.78 is 18.5. The largest absolute Gasteiger partial charge is 0.511 e. The minimum atomic E-state index is -0.748. The van der Waals surface area contributed by atoms with E-state index in [4.69, 9.17) is 14.2 Å². The van der Waals surface area contributed by atoms with Crippen molar-refractivity contribution in [2.45, 2.75) is 73.8 Å². The number of aryl methyl sites for hydroxylation is 2. The number of aliphatic imine (C=N–C) groups is 1. The van der Waals surface area contributed by atoms with Gasteiger partial charge < -0.3 is 14.2 Å². The van der Waals surface area contributed by atoms with E-state index in [1.165, 1.54) is 5.56 Å². The summed E-state index contributed by atoms with van der Waals surface area (Å²) in [4.78, 5) is 16.4. The Kier molecular flexibility index (Phi) is 10.1. The van der Waals surface area contributed by atoms with Gasteiger partial charge in [0.1, 0.15) is 5.69 Å². The lowest BCUT2D eigenvalue weighted by atomic mass is 9.86. The van der Waals surface area contributed by atoms with E-state index >= 15 is 0 Å². The van der Waals surface area contributed by atoms with Crippen LogP contribution < -0.4 is 0 Å². The monoisotopic (exact) mass is 483 g/mol. The van der Waals surface area contributed by atoms with Gasteiger partial charge >= 0.3 is 6.16 Å². The zero-order valence-corrected chi connectivity index (χ0v) is 22.8. The highest BCUT2D eigenvalue weighted by molar-refractivity contribution is 6.18. The fourth-order valence-corrected chi connectivity index (χ4v) is 3.51. The minimum absolute atomic E-state index is 0.0403.